The van der Waals surface area contributed by atoms with Crippen LogP contribution in [0.5, 0.6) is 11.5 Å². The van der Waals surface area contributed by atoms with E-state index in [1.165, 1.54) is 12.7 Å². The molecule has 1 saturated heterocycles. The summed E-state index contributed by atoms with van der Waals surface area (Å²) in [5.41, 5.74) is 8.87. The molecular formula is C27H27Cl2N3O4. The maximum atomic E-state index is 12.8. The minimum Gasteiger partial charge on any atom is -0.493 e. The first-order chi connectivity index (χ1) is 17.4. The molecule has 2 N–H and O–H groups in total. The van der Waals surface area contributed by atoms with Gasteiger partial charge in [0.1, 0.15) is 6.61 Å². The van der Waals surface area contributed by atoms with Gasteiger partial charge in [-0.05, 0) is 48.4 Å². The molecule has 0 saturated carbocycles. The van der Waals surface area contributed by atoms with Gasteiger partial charge in [0.05, 0.1) is 18.7 Å². The minimum absolute atomic E-state index is 0.0683. The zero-order chi connectivity index (χ0) is 25.7. The van der Waals surface area contributed by atoms with E-state index in [-0.39, 0.29) is 24.8 Å². The summed E-state index contributed by atoms with van der Waals surface area (Å²) in [6.45, 7) is 2.58. The van der Waals surface area contributed by atoms with E-state index in [0.717, 1.165) is 12.1 Å². The van der Waals surface area contributed by atoms with Crippen LogP contribution in [0.4, 0.5) is 11.4 Å². The average Bonchev–Trinajstić information content (AvgIpc) is 3.29. The molecule has 2 amide bonds. The second-order valence-electron chi connectivity index (χ2n) is 8.39. The summed E-state index contributed by atoms with van der Waals surface area (Å²) < 4.78 is 11.3. The second kappa shape index (κ2) is 11.5. The van der Waals surface area contributed by atoms with Crippen LogP contribution < -0.4 is 25.2 Å². The smallest absolute Gasteiger partial charge is 0.243 e. The average molecular weight is 528 g/mol. The molecule has 3 aromatic rings. The van der Waals surface area contributed by atoms with Crippen molar-refractivity contribution in [3.63, 3.8) is 0 Å². The number of aryl methyl sites for hydroxylation is 1. The molecule has 3 aromatic carbocycles. The predicted molar refractivity (Wildman–Crippen MR) is 142 cm³/mol. The number of halogens is 2. The Hall–Kier alpha value is -3.42. The van der Waals surface area contributed by atoms with Gasteiger partial charge in [0.25, 0.3) is 0 Å². The van der Waals surface area contributed by atoms with Gasteiger partial charge >= 0.3 is 0 Å². The second-order valence-corrected chi connectivity index (χ2v) is 9.21. The van der Waals surface area contributed by atoms with Crippen molar-refractivity contribution >= 4 is 46.4 Å². The highest BCUT2D eigenvalue weighted by Crippen LogP contribution is 2.33. The standard InChI is InChI=1S/C27H27Cl2N3O4/c1-3-17-7-10-20(11-8-17)32-15-18(13-26(32)33)27(34)31-30-19-9-12-24(25(14-19)35-2)36-16-21-22(28)5-4-6-23(21)29/h4-12,14,18,30H,3,13,15-16H2,1-2H3,(H,31,34)/t18-/m0/s1. The van der Waals surface area contributed by atoms with E-state index in [9.17, 15) is 9.59 Å². The Balaban J connectivity index is 1.34. The molecular weight excluding hydrogens is 501 g/mol. The van der Waals surface area contributed by atoms with Crippen LogP contribution in [0.3, 0.4) is 0 Å². The molecule has 1 aliphatic rings. The van der Waals surface area contributed by atoms with Gasteiger partial charge in [-0.15, -0.1) is 0 Å². The molecule has 0 spiro atoms. The van der Waals surface area contributed by atoms with E-state index in [1.54, 1.807) is 41.3 Å². The normalized spacial score (nSPS) is 15.1. The first-order valence-electron chi connectivity index (χ1n) is 11.6. The van der Waals surface area contributed by atoms with Gasteiger partial charge in [-0.3, -0.25) is 20.4 Å². The Kier molecular flexibility index (Phi) is 8.23. The lowest BCUT2D eigenvalue weighted by molar-refractivity contribution is -0.125. The van der Waals surface area contributed by atoms with Crippen LogP contribution in [0.15, 0.2) is 60.7 Å². The van der Waals surface area contributed by atoms with Crippen molar-refractivity contribution in [2.75, 3.05) is 24.0 Å². The third-order valence-corrected chi connectivity index (χ3v) is 6.79. The van der Waals surface area contributed by atoms with Crippen molar-refractivity contribution in [3.05, 3.63) is 81.8 Å². The van der Waals surface area contributed by atoms with E-state index in [1.807, 2.05) is 24.3 Å². The van der Waals surface area contributed by atoms with Gasteiger partial charge in [-0.1, -0.05) is 48.3 Å². The number of ether oxygens (including phenoxy) is 2. The number of benzene rings is 3. The summed E-state index contributed by atoms with van der Waals surface area (Å²) in [6, 6.07) is 18.3. The molecule has 188 valence electrons. The topological polar surface area (TPSA) is 79.9 Å². The number of hydrogen-bond donors (Lipinski definition) is 2. The third-order valence-electron chi connectivity index (χ3n) is 6.08. The number of carbonyl (C=O) groups excluding carboxylic acids is 2. The fourth-order valence-electron chi connectivity index (χ4n) is 3.96. The molecule has 1 atom stereocenters. The van der Waals surface area contributed by atoms with Gasteiger partial charge in [-0.25, -0.2) is 0 Å². The van der Waals surface area contributed by atoms with E-state index < -0.39 is 5.92 Å². The highest BCUT2D eigenvalue weighted by molar-refractivity contribution is 6.35. The van der Waals surface area contributed by atoms with Gasteiger partial charge in [0.2, 0.25) is 11.8 Å². The quantitative estimate of drug-likeness (QED) is 0.352. The van der Waals surface area contributed by atoms with Gasteiger partial charge in [0.15, 0.2) is 11.5 Å². The molecule has 7 nitrogen and oxygen atoms in total. The fraction of sp³-hybridized carbons (Fsp3) is 0.259. The Morgan fingerprint density at radius 2 is 1.78 bits per heavy atom. The summed E-state index contributed by atoms with van der Waals surface area (Å²) >= 11 is 12.4. The number of methoxy groups -OCH3 is 1. The Bertz CT molecular complexity index is 1230. The van der Waals surface area contributed by atoms with E-state index >= 15 is 0 Å². The maximum absolute atomic E-state index is 12.8. The summed E-state index contributed by atoms with van der Waals surface area (Å²) in [5, 5.41) is 1.04. The fourth-order valence-corrected chi connectivity index (χ4v) is 4.47. The lowest BCUT2D eigenvalue weighted by Gasteiger charge is -2.18. The molecule has 4 rings (SSSR count). The maximum Gasteiger partial charge on any atom is 0.243 e. The molecule has 1 heterocycles. The van der Waals surface area contributed by atoms with Crippen molar-refractivity contribution in [1.82, 2.24) is 5.43 Å². The number of carbonyl (C=O) groups is 2. The van der Waals surface area contributed by atoms with Gasteiger partial charge < -0.3 is 14.4 Å². The van der Waals surface area contributed by atoms with E-state index in [4.69, 9.17) is 32.7 Å². The highest BCUT2D eigenvalue weighted by Gasteiger charge is 2.35. The third kappa shape index (κ3) is 5.86. The SMILES string of the molecule is CCc1ccc(N2C[C@@H](C(=O)NNc3ccc(OCc4c(Cl)cccc4Cl)c(OC)c3)CC2=O)cc1. The molecule has 0 bridgehead atoms. The van der Waals surface area contributed by atoms with Crippen LogP contribution >= 0.6 is 23.2 Å². The molecule has 9 heteroatoms. The molecule has 0 radical (unpaired) electrons. The van der Waals surface area contributed by atoms with E-state index in [0.29, 0.717) is 39.3 Å². The molecule has 0 aromatic heterocycles. The number of rotatable bonds is 9. The largest absolute Gasteiger partial charge is 0.493 e. The Morgan fingerprint density at radius 3 is 2.44 bits per heavy atom. The molecule has 1 aliphatic heterocycles. The Morgan fingerprint density at radius 1 is 1.06 bits per heavy atom. The number of nitrogens with zero attached hydrogens (tertiary/aromatic N) is 1. The monoisotopic (exact) mass is 527 g/mol. The van der Waals surface area contributed by atoms with E-state index in [2.05, 4.69) is 17.8 Å². The number of amides is 2. The Labute approximate surface area is 220 Å². The van der Waals surface area contributed by atoms with Crippen LogP contribution in [-0.4, -0.2) is 25.5 Å². The van der Waals surface area contributed by atoms with Crippen molar-refractivity contribution in [1.29, 1.82) is 0 Å². The zero-order valence-electron chi connectivity index (χ0n) is 20.0. The number of anilines is 2. The summed E-state index contributed by atoms with van der Waals surface area (Å²) in [6.07, 6.45) is 1.09. The number of hydrogen-bond acceptors (Lipinski definition) is 5. The lowest BCUT2D eigenvalue weighted by Crippen LogP contribution is -2.36. The van der Waals surface area contributed by atoms with Crippen molar-refractivity contribution in [2.45, 2.75) is 26.4 Å². The molecule has 0 aliphatic carbocycles. The molecule has 1 fully saturated rings. The molecule has 36 heavy (non-hydrogen) atoms. The zero-order valence-corrected chi connectivity index (χ0v) is 21.5. The van der Waals surface area contributed by atoms with Gasteiger partial charge in [-0.2, -0.15) is 0 Å². The summed E-state index contributed by atoms with van der Waals surface area (Å²) in [5.74, 6) is 0.178. The van der Waals surface area contributed by atoms with Crippen LogP contribution in [-0.2, 0) is 22.6 Å². The summed E-state index contributed by atoms with van der Waals surface area (Å²) in [7, 11) is 1.53. The first-order valence-corrected chi connectivity index (χ1v) is 12.3. The van der Waals surface area contributed by atoms with Crippen LogP contribution in [0, 0.1) is 5.92 Å². The van der Waals surface area contributed by atoms with Gasteiger partial charge in [0, 0.05) is 40.3 Å². The van der Waals surface area contributed by atoms with Crippen LogP contribution in [0.2, 0.25) is 10.0 Å². The van der Waals surface area contributed by atoms with Crippen LogP contribution in [0.25, 0.3) is 0 Å². The lowest BCUT2D eigenvalue weighted by atomic mass is 10.1. The van der Waals surface area contributed by atoms with Crippen molar-refractivity contribution < 1.29 is 19.1 Å². The number of hydrazine groups is 1. The highest BCUT2D eigenvalue weighted by atomic mass is 35.5. The molecule has 0 unspecified atom stereocenters. The van der Waals surface area contributed by atoms with Crippen molar-refractivity contribution in [3.8, 4) is 11.5 Å². The summed E-state index contributed by atoms with van der Waals surface area (Å²) in [4.78, 5) is 26.9. The van der Waals surface area contributed by atoms with Crippen LogP contribution in [0.1, 0.15) is 24.5 Å². The minimum atomic E-state index is -0.458. The number of nitrogens with one attached hydrogen (secondary N) is 2. The predicted octanol–water partition coefficient (Wildman–Crippen LogP) is 5.64. The first kappa shape index (κ1) is 25.7. The van der Waals surface area contributed by atoms with Crippen molar-refractivity contribution in [2.24, 2.45) is 5.92 Å².